The van der Waals surface area contributed by atoms with E-state index in [4.69, 9.17) is 4.74 Å². The van der Waals surface area contributed by atoms with E-state index >= 15 is 0 Å². The van der Waals surface area contributed by atoms with E-state index in [1.165, 1.54) is 7.11 Å². The minimum absolute atomic E-state index is 0.0220. The summed E-state index contributed by atoms with van der Waals surface area (Å²) < 4.78 is 9.42. The predicted molar refractivity (Wildman–Crippen MR) is 71.8 cm³/mol. The van der Waals surface area contributed by atoms with Gasteiger partial charge in [-0.25, -0.2) is 4.79 Å². The first-order valence-corrected chi connectivity index (χ1v) is 6.38. The molecule has 1 aromatic rings. The lowest BCUT2D eigenvalue weighted by Crippen LogP contribution is -2.09. The maximum Gasteiger partial charge on any atom is 0.355 e. The van der Waals surface area contributed by atoms with Crippen LogP contribution in [0.4, 0.5) is 0 Å². The zero-order chi connectivity index (χ0) is 15.3. The number of ketones is 1. The number of nitrogens with one attached hydrogen (secondary N) is 1. The molecule has 0 fully saturated rings. The maximum atomic E-state index is 12.1. The Bertz CT molecular complexity index is 530. The van der Waals surface area contributed by atoms with Gasteiger partial charge >= 0.3 is 11.9 Å². The summed E-state index contributed by atoms with van der Waals surface area (Å²) in [5.74, 6) is -1.12. The lowest BCUT2D eigenvalue weighted by molar-refractivity contribution is -0.140. The number of carbonyl (C=O) groups is 3. The number of ether oxygens (including phenoxy) is 2. The van der Waals surface area contributed by atoms with Gasteiger partial charge in [-0.1, -0.05) is 0 Å². The topological polar surface area (TPSA) is 85.5 Å². The van der Waals surface area contributed by atoms with E-state index in [0.29, 0.717) is 16.8 Å². The minimum atomic E-state index is -0.486. The van der Waals surface area contributed by atoms with Gasteiger partial charge in [0.15, 0.2) is 5.78 Å². The number of methoxy groups -OCH3 is 1. The van der Waals surface area contributed by atoms with E-state index in [-0.39, 0.29) is 30.9 Å². The van der Waals surface area contributed by atoms with Crippen LogP contribution >= 0.6 is 0 Å². The van der Waals surface area contributed by atoms with Crippen molar-refractivity contribution in [3.05, 3.63) is 22.5 Å². The Morgan fingerprint density at radius 2 is 1.80 bits per heavy atom. The van der Waals surface area contributed by atoms with Crippen LogP contribution in [0.15, 0.2) is 0 Å². The Hall–Kier alpha value is -2.11. The molecule has 0 spiro atoms. The molecule has 0 aliphatic heterocycles. The number of rotatable bonds is 6. The summed E-state index contributed by atoms with van der Waals surface area (Å²) >= 11 is 0. The van der Waals surface area contributed by atoms with E-state index in [9.17, 15) is 14.4 Å². The second-order valence-electron chi connectivity index (χ2n) is 4.34. The molecular formula is C14H19NO5. The number of hydrogen-bond acceptors (Lipinski definition) is 5. The quantitative estimate of drug-likeness (QED) is 0.636. The molecule has 1 rings (SSSR count). The van der Waals surface area contributed by atoms with Crippen LogP contribution in [0.1, 0.15) is 51.9 Å². The van der Waals surface area contributed by atoms with Crippen LogP contribution in [0, 0.1) is 13.8 Å². The van der Waals surface area contributed by atoms with E-state index < -0.39 is 11.9 Å². The van der Waals surface area contributed by atoms with Gasteiger partial charge in [0, 0.05) is 17.7 Å². The zero-order valence-corrected chi connectivity index (χ0v) is 12.2. The van der Waals surface area contributed by atoms with Gasteiger partial charge in [-0.05, 0) is 26.3 Å². The fraction of sp³-hybridized carbons (Fsp3) is 0.500. The van der Waals surface area contributed by atoms with Crippen LogP contribution in [-0.2, 0) is 14.3 Å². The molecule has 0 aromatic carbocycles. The maximum absolute atomic E-state index is 12.1. The van der Waals surface area contributed by atoms with Crippen LogP contribution in [0.2, 0.25) is 0 Å². The standard InChI is InChI=1S/C14H19NO5/c1-5-20-14(18)13-8(2)12(9(3)15-13)10(16)6-7-11(17)19-4/h15H,5-7H2,1-4H3. The number of hydrogen-bond donors (Lipinski definition) is 1. The molecule has 0 saturated carbocycles. The average molecular weight is 281 g/mol. The van der Waals surface area contributed by atoms with Crippen LogP contribution in [-0.4, -0.2) is 36.4 Å². The Morgan fingerprint density at radius 1 is 1.15 bits per heavy atom. The van der Waals surface area contributed by atoms with Gasteiger partial charge < -0.3 is 14.5 Å². The molecule has 0 atom stereocenters. The van der Waals surface area contributed by atoms with Crippen LogP contribution < -0.4 is 0 Å². The molecule has 110 valence electrons. The first-order valence-electron chi connectivity index (χ1n) is 6.38. The summed E-state index contributed by atoms with van der Waals surface area (Å²) in [5.41, 5.74) is 1.87. The highest BCUT2D eigenvalue weighted by molar-refractivity contribution is 6.03. The number of H-pyrrole nitrogens is 1. The number of Topliss-reactive ketones (excluding diaryl/α,β-unsaturated/α-hetero) is 1. The third-order valence-corrected chi connectivity index (χ3v) is 2.98. The Balaban J connectivity index is 2.93. The van der Waals surface area contributed by atoms with E-state index in [1.54, 1.807) is 20.8 Å². The zero-order valence-electron chi connectivity index (χ0n) is 12.2. The molecule has 20 heavy (non-hydrogen) atoms. The Kier molecular flexibility index (Phi) is 5.49. The van der Waals surface area contributed by atoms with Gasteiger partial charge in [0.25, 0.3) is 0 Å². The highest BCUT2D eigenvalue weighted by Crippen LogP contribution is 2.21. The summed E-state index contributed by atoms with van der Waals surface area (Å²) in [6, 6.07) is 0. The van der Waals surface area contributed by atoms with Gasteiger partial charge in [-0.3, -0.25) is 9.59 Å². The van der Waals surface area contributed by atoms with Crippen molar-refractivity contribution in [1.29, 1.82) is 0 Å². The number of carbonyl (C=O) groups excluding carboxylic acids is 3. The molecule has 6 nitrogen and oxygen atoms in total. The van der Waals surface area contributed by atoms with Crippen molar-refractivity contribution in [3.63, 3.8) is 0 Å². The summed E-state index contributed by atoms with van der Waals surface area (Å²) in [6.07, 6.45) is 0.0720. The number of esters is 2. The van der Waals surface area contributed by atoms with Crippen LogP contribution in [0.3, 0.4) is 0 Å². The molecule has 1 N–H and O–H groups in total. The third-order valence-electron chi connectivity index (χ3n) is 2.98. The first-order chi connectivity index (χ1) is 9.42. The third kappa shape index (κ3) is 3.46. The summed E-state index contributed by atoms with van der Waals surface area (Å²) in [7, 11) is 1.28. The van der Waals surface area contributed by atoms with Crippen LogP contribution in [0.5, 0.6) is 0 Å². The van der Waals surface area contributed by atoms with Crippen molar-refractivity contribution < 1.29 is 23.9 Å². The molecule has 0 radical (unpaired) electrons. The van der Waals surface area contributed by atoms with Gasteiger partial charge in [0.1, 0.15) is 5.69 Å². The highest BCUT2D eigenvalue weighted by atomic mass is 16.5. The first kappa shape index (κ1) is 15.9. The molecule has 6 heteroatoms. The average Bonchev–Trinajstić information content (AvgIpc) is 2.71. The minimum Gasteiger partial charge on any atom is -0.469 e. The molecule has 0 saturated heterocycles. The van der Waals surface area contributed by atoms with Crippen molar-refractivity contribution in [2.24, 2.45) is 0 Å². The lowest BCUT2D eigenvalue weighted by Gasteiger charge is -2.02. The molecule has 1 heterocycles. The summed E-state index contributed by atoms with van der Waals surface area (Å²) in [4.78, 5) is 37.8. The van der Waals surface area contributed by atoms with Gasteiger partial charge in [0.05, 0.1) is 20.1 Å². The highest BCUT2D eigenvalue weighted by Gasteiger charge is 2.22. The molecule has 0 unspecified atom stereocenters. The summed E-state index contributed by atoms with van der Waals surface area (Å²) in [6.45, 7) is 5.37. The second kappa shape index (κ2) is 6.88. The molecule has 1 aromatic heterocycles. The smallest absolute Gasteiger partial charge is 0.355 e. The van der Waals surface area contributed by atoms with Crippen molar-refractivity contribution in [1.82, 2.24) is 4.98 Å². The monoisotopic (exact) mass is 281 g/mol. The number of aromatic nitrogens is 1. The van der Waals surface area contributed by atoms with Crippen molar-refractivity contribution in [3.8, 4) is 0 Å². The normalized spacial score (nSPS) is 10.2. The molecular weight excluding hydrogens is 262 g/mol. The Labute approximate surface area is 117 Å². The number of aryl methyl sites for hydroxylation is 1. The predicted octanol–water partition coefficient (Wildman–Crippen LogP) is 1.94. The molecule has 0 amide bonds. The fourth-order valence-corrected chi connectivity index (χ4v) is 2.02. The lowest BCUT2D eigenvalue weighted by atomic mass is 10.0. The largest absolute Gasteiger partial charge is 0.469 e. The van der Waals surface area contributed by atoms with Crippen molar-refractivity contribution >= 4 is 17.7 Å². The SMILES string of the molecule is CCOC(=O)c1[nH]c(C)c(C(=O)CCC(=O)OC)c1C. The van der Waals surface area contributed by atoms with Crippen molar-refractivity contribution in [2.75, 3.05) is 13.7 Å². The van der Waals surface area contributed by atoms with E-state index in [0.717, 1.165) is 0 Å². The van der Waals surface area contributed by atoms with E-state index in [1.807, 2.05) is 0 Å². The number of aromatic amines is 1. The fourth-order valence-electron chi connectivity index (χ4n) is 2.02. The van der Waals surface area contributed by atoms with Gasteiger partial charge in [0.2, 0.25) is 0 Å². The van der Waals surface area contributed by atoms with E-state index in [2.05, 4.69) is 9.72 Å². The Morgan fingerprint density at radius 3 is 2.35 bits per heavy atom. The molecule has 0 aliphatic carbocycles. The van der Waals surface area contributed by atoms with Crippen molar-refractivity contribution in [2.45, 2.75) is 33.6 Å². The second-order valence-corrected chi connectivity index (χ2v) is 4.34. The molecule has 0 bridgehead atoms. The summed E-state index contributed by atoms with van der Waals surface area (Å²) in [5, 5.41) is 0. The van der Waals surface area contributed by atoms with Crippen LogP contribution in [0.25, 0.3) is 0 Å². The molecule has 0 aliphatic rings. The van der Waals surface area contributed by atoms with Gasteiger partial charge in [-0.15, -0.1) is 0 Å². The van der Waals surface area contributed by atoms with Gasteiger partial charge in [-0.2, -0.15) is 0 Å².